The van der Waals surface area contributed by atoms with Crippen LogP contribution in [0.2, 0.25) is 0 Å². The highest BCUT2D eigenvalue weighted by molar-refractivity contribution is 5.95. The van der Waals surface area contributed by atoms with Crippen molar-refractivity contribution in [3.05, 3.63) is 29.8 Å². The molecule has 0 fully saturated rings. The summed E-state index contributed by atoms with van der Waals surface area (Å²) in [7, 11) is 0. The number of aromatic hydroxyl groups is 1. The number of rotatable bonds is 0. The lowest BCUT2D eigenvalue weighted by molar-refractivity contribution is -0.138. The fraction of sp³-hybridized carbons (Fsp3) is 0.357. The average molecular weight is 230 g/mol. The Kier molecular flexibility index (Phi) is 2.21. The zero-order chi connectivity index (χ0) is 12.0. The molecule has 1 heterocycles. The molecule has 0 unspecified atom stereocenters. The van der Waals surface area contributed by atoms with Gasteiger partial charge in [-0.3, -0.25) is 4.79 Å². The van der Waals surface area contributed by atoms with E-state index in [0.717, 1.165) is 24.0 Å². The van der Waals surface area contributed by atoms with E-state index in [4.69, 9.17) is 4.74 Å². The van der Waals surface area contributed by atoms with Gasteiger partial charge >= 0.3 is 5.97 Å². The van der Waals surface area contributed by atoms with Gasteiger partial charge in [0.25, 0.3) is 0 Å². The molecule has 3 rings (SSSR count). The summed E-state index contributed by atoms with van der Waals surface area (Å²) in [6, 6.07) is 4.96. The molecular weight excluding hydrogens is 216 g/mol. The van der Waals surface area contributed by atoms with Crippen molar-refractivity contribution in [3.63, 3.8) is 0 Å². The van der Waals surface area contributed by atoms with Crippen molar-refractivity contribution in [1.82, 2.24) is 0 Å². The second-order valence-electron chi connectivity index (χ2n) is 4.89. The van der Waals surface area contributed by atoms with Crippen LogP contribution in [-0.4, -0.2) is 11.1 Å². The second kappa shape index (κ2) is 3.62. The fourth-order valence-corrected chi connectivity index (χ4v) is 2.63. The predicted octanol–water partition coefficient (Wildman–Crippen LogP) is 2.74. The Labute approximate surface area is 99.7 Å². The Balaban J connectivity index is 2.13. The first-order valence-electron chi connectivity index (χ1n) is 5.90. The summed E-state index contributed by atoms with van der Waals surface area (Å²) in [5.74, 6) is 0.804. The van der Waals surface area contributed by atoms with E-state index in [-0.39, 0.29) is 17.6 Å². The van der Waals surface area contributed by atoms with E-state index in [9.17, 15) is 9.90 Å². The number of fused-ring (bicyclic) bond motifs is 3. The smallest absolute Gasteiger partial charge is 0.318 e. The summed E-state index contributed by atoms with van der Waals surface area (Å²) < 4.78 is 5.29. The van der Waals surface area contributed by atoms with Crippen molar-refractivity contribution in [1.29, 1.82) is 0 Å². The molecule has 88 valence electrons. The molecule has 3 heteroatoms. The van der Waals surface area contributed by atoms with Gasteiger partial charge in [0.1, 0.15) is 11.5 Å². The highest BCUT2D eigenvalue weighted by atomic mass is 16.5. The minimum Gasteiger partial charge on any atom is -0.508 e. The molecule has 1 N–H and O–H groups in total. The van der Waals surface area contributed by atoms with E-state index >= 15 is 0 Å². The van der Waals surface area contributed by atoms with Crippen LogP contribution < -0.4 is 4.74 Å². The van der Waals surface area contributed by atoms with Crippen LogP contribution in [0.15, 0.2) is 24.3 Å². The summed E-state index contributed by atoms with van der Waals surface area (Å²) >= 11 is 0. The fourth-order valence-electron chi connectivity index (χ4n) is 2.63. The van der Waals surface area contributed by atoms with Crippen LogP contribution in [0.25, 0.3) is 5.57 Å². The van der Waals surface area contributed by atoms with Crippen molar-refractivity contribution in [2.24, 2.45) is 11.8 Å². The van der Waals surface area contributed by atoms with Gasteiger partial charge in [-0.25, -0.2) is 0 Å². The standard InChI is InChI=1S/C14H14O3/c1-8-2-4-10-11-5-3-9(15)7-13(11)17-14(16)12(10)6-8/h3-5,7-8,12,15H,2,6H2,1H3/t8-,12+/m1/s1. The molecule has 0 aromatic heterocycles. The van der Waals surface area contributed by atoms with Crippen molar-refractivity contribution >= 4 is 11.5 Å². The largest absolute Gasteiger partial charge is 0.508 e. The molecule has 1 aliphatic heterocycles. The summed E-state index contributed by atoms with van der Waals surface area (Å²) in [6.07, 6.45) is 3.99. The number of carbonyl (C=O) groups excluding carboxylic acids is 1. The average Bonchev–Trinajstić information content (AvgIpc) is 2.29. The Morgan fingerprint density at radius 3 is 3.06 bits per heavy atom. The predicted molar refractivity (Wildman–Crippen MR) is 63.6 cm³/mol. The van der Waals surface area contributed by atoms with E-state index in [1.807, 2.05) is 6.07 Å². The van der Waals surface area contributed by atoms with E-state index in [0.29, 0.717) is 11.7 Å². The van der Waals surface area contributed by atoms with Crippen LogP contribution in [-0.2, 0) is 4.79 Å². The van der Waals surface area contributed by atoms with E-state index in [1.54, 1.807) is 6.07 Å². The van der Waals surface area contributed by atoms with Gasteiger partial charge in [-0.15, -0.1) is 0 Å². The first kappa shape index (κ1) is 10.4. The Bertz CT molecular complexity index is 516. The van der Waals surface area contributed by atoms with Gasteiger partial charge in [-0.1, -0.05) is 13.0 Å². The molecule has 0 bridgehead atoms. The van der Waals surface area contributed by atoms with Gasteiger partial charge in [0.15, 0.2) is 0 Å². The maximum atomic E-state index is 11.9. The highest BCUT2D eigenvalue weighted by Gasteiger charge is 2.35. The molecule has 0 saturated heterocycles. The van der Waals surface area contributed by atoms with Gasteiger partial charge in [0.05, 0.1) is 5.92 Å². The lowest BCUT2D eigenvalue weighted by Gasteiger charge is -2.31. The first-order valence-corrected chi connectivity index (χ1v) is 5.90. The van der Waals surface area contributed by atoms with Gasteiger partial charge in [0, 0.05) is 11.6 Å². The normalized spacial score (nSPS) is 26.6. The quantitative estimate of drug-likeness (QED) is 0.550. The molecule has 0 spiro atoms. The minimum atomic E-state index is -0.194. The number of ether oxygens (including phenoxy) is 1. The molecule has 3 nitrogen and oxygen atoms in total. The number of esters is 1. The van der Waals surface area contributed by atoms with E-state index in [1.165, 1.54) is 6.07 Å². The molecule has 2 aliphatic rings. The lowest BCUT2D eigenvalue weighted by Crippen LogP contribution is -2.30. The first-order chi connectivity index (χ1) is 8.15. The van der Waals surface area contributed by atoms with E-state index in [2.05, 4.69) is 13.0 Å². The van der Waals surface area contributed by atoms with Crippen LogP contribution >= 0.6 is 0 Å². The Morgan fingerprint density at radius 1 is 1.41 bits per heavy atom. The molecule has 0 saturated carbocycles. The lowest BCUT2D eigenvalue weighted by atomic mass is 9.78. The third-order valence-electron chi connectivity index (χ3n) is 3.52. The molecule has 1 aromatic rings. The molecule has 0 radical (unpaired) electrons. The van der Waals surface area contributed by atoms with Crippen LogP contribution in [0.5, 0.6) is 11.5 Å². The summed E-state index contributed by atoms with van der Waals surface area (Å²) in [5, 5.41) is 9.40. The van der Waals surface area contributed by atoms with Crippen LogP contribution in [0.3, 0.4) is 0 Å². The van der Waals surface area contributed by atoms with Gasteiger partial charge in [-0.05, 0) is 36.5 Å². The Morgan fingerprint density at radius 2 is 2.24 bits per heavy atom. The monoisotopic (exact) mass is 230 g/mol. The van der Waals surface area contributed by atoms with Crippen LogP contribution in [0, 0.1) is 11.8 Å². The minimum absolute atomic E-state index is 0.125. The molecule has 2 atom stereocenters. The topological polar surface area (TPSA) is 46.5 Å². The number of hydrogen-bond acceptors (Lipinski definition) is 3. The molecule has 0 amide bonds. The number of phenolic OH excluding ortho intramolecular Hbond substituents is 1. The number of hydrogen-bond donors (Lipinski definition) is 1. The SMILES string of the molecule is C[C@@H]1CC=C2c3ccc(O)cc3OC(=O)[C@H]2C1. The molecule has 1 aromatic carbocycles. The summed E-state index contributed by atoms with van der Waals surface area (Å²) in [6.45, 7) is 2.15. The zero-order valence-corrected chi connectivity index (χ0v) is 9.64. The number of phenols is 1. The van der Waals surface area contributed by atoms with Crippen molar-refractivity contribution < 1.29 is 14.6 Å². The third kappa shape index (κ3) is 1.62. The molecule has 1 aliphatic carbocycles. The second-order valence-corrected chi connectivity index (χ2v) is 4.89. The highest BCUT2D eigenvalue weighted by Crippen LogP contribution is 2.44. The Hall–Kier alpha value is -1.77. The zero-order valence-electron chi connectivity index (χ0n) is 9.64. The molecular formula is C14H14O3. The van der Waals surface area contributed by atoms with Crippen LogP contribution in [0.4, 0.5) is 0 Å². The van der Waals surface area contributed by atoms with Gasteiger partial charge < -0.3 is 9.84 Å². The van der Waals surface area contributed by atoms with Crippen molar-refractivity contribution in [2.45, 2.75) is 19.8 Å². The third-order valence-corrected chi connectivity index (χ3v) is 3.52. The molecule has 17 heavy (non-hydrogen) atoms. The van der Waals surface area contributed by atoms with Gasteiger partial charge in [-0.2, -0.15) is 0 Å². The summed E-state index contributed by atoms with van der Waals surface area (Å²) in [5.41, 5.74) is 2.01. The summed E-state index contributed by atoms with van der Waals surface area (Å²) in [4.78, 5) is 11.9. The maximum absolute atomic E-state index is 11.9. The number of allylic oxidation sites excluding steroid dienone is 1. The van der Waals surface area contributed by atoms with Crippen LogP contribution in [0.1, 0.15) is 25.3 Å². The van der Waals surface area contributed by atoms with Gasteiger partial charge in [0.2, 0.25) is 0 Å². The van der Waals surface area contributed by atoms with Crippen molar-refractivity contribution in [2.75, 3.05) is 0 Å². The number of benzene rings is 1. The maximum Gasteiger partial charge on any atom is 0.318 e. The van der Waals surface area contributed by atoms with Crippen molar-refractivity contribution in [3.8, 4) is 11.5 Å². The number of carbonyl (C=O) groups is 1. The van der Waals surface area contributed by atoms with E-state index < -0.39 is 0 Å².